The lowest BCUT2D eigenvalue weighted by Gasteiger charge is -2.08. The van der Waals surface area contributed by atoms with E-state index in [1.807, 2.05) is 6.07 Å². The standard InChI is InChI=1S/C15H10ClN3O3/c16-14-11(5-3-7-18-14)15(21)22-9-13(20)19-12-6-2-1-4-10(12)8-17/h1-7H,9H2,(H,19,20). The van der Waals surface area contributed by atoms with Gasteiger partial charge >= 0.3 is 5.97 Å². The van der Waals surface area contributed by atoms with Crippen LogP contribution in [0.25, 0.3) is 0 Å². The molecule has 6 nitrogen and oxygen atoms in total. The lowest BCUT2D eigenvalue weighted by Crippen LogP contribution is -2.21. The number of anilines is 1. The molecule has 0 aliphatic heterocycles. The molecule has 0 saturated carbocycles. The first-order chi connectivity index (χ1) is 10.6. The second-order valence-corrected chi connectivity index (χ2v) is 4.48. The van der Waals surface area contributed by atoms with Gasteiger partial charge in [-0.3, -0.25) is 4.79 Å². The number of aromatic nitrogens is 1. The topological polar surface area (TPSA) is 92.1 Å². The van der Waals surface area contributed by atoms with Gasteiger partial charge in [0.05, 0.1) is 16.8 Å². The van der Waals surface area contributed by atoms with Gasteiger partial charge in [0, 0.05) is 6.20 Å². The predicted molar refractivity (Wildman–Crippen MR) is 79.3 cm³/mol. The highest BCUT2D eigenvalue weighted by atomic mass is 35.5. The molecule has 1 amide bonds. The smallest absolute Gasteiger partial charge is 0.341 e. The Bertz CT molecular complexity index is 756. The van der Waals surface area contributed by atoms with Crippen LogP contribution < -0.4 is 5.32 Å². The minimum Gasteiger partial charge on any atom is -0.452 e. The number of esters is 1. The number of benzene rings is 1. The average molecular weight is 316 g/mol. The number of pyridine rings is 1. The Labute approximate surface area is 131 Å². The minimum atomic E-state index is -0.748. The molecule has 7 heteroatoms. The molecular formula is C15H10ClN3O3. The van der Waals surface area contributed by atoms with Gasteiger partial charge in [0.25, 0.3) is 5.91 Å². The van der Waals surface area contributed by atoms with Gasteiger partial charge in [0.1, 0.15) is 11.2 Å². The number of carbonyl (C=O) groups is 2. The quantitative estimate of drug-likeness (QED) is 0.691. The molecule has 1 aromatic carbocycles. The van der Waals surface area contributed by atoms with E-state index < -0.39 is 18.5 Å². The highest BCUT2D eigenvalue weighted by Gasteiger charge is 2.14. The summed E-state index contributed by atoms with van der Waals surface area (Å²) in [5.41, 5.74) is 0.748. The van der Waals surface area contributed by atoms with E-state index in [2.05, 4.69) is 10.3 Å². The monoisotopic (exact) mass is 315 g/mol. The summed E-state index contributed by atoms with van der Waals surface area (Å²) in [6, 6.07) is 11.4. The first-order valence-electron chi connectivity index (χ1n) is 6.18. The van der Waals surface area contributed by atoms with Gasteiger partial charge in [-0.2, -0.15) is 5.26 Å². The van der Waals surface area contributed by atoms with Crippen molar-refractivity contribution in [2.24, 2.45) is 0 Å². The summed E-state index contributed by atoms with van der Waals surface area (Å²) in [5, 5.41) is 11.4. The van der Waals surface area contributed by atoms with Crippen LogP contribution in [0.15, 0.2) is 42.6 Å². The lowest BCUT2D eigenvalue weighted by molar-refractivity contribution is -0.119. The summed E-state index contributed by atoms with van der Waals surface area (Å²) in [5.74, 6) is -1.31. The Hall–Kier alpha value is -2.91. The first kappa shape index (κ1) is 15.5. The van der Waals surface area contributed by atoms with Crippen molar-refractivity contribution >= 4 is 29.2 Å². The molecule has 110 valence electrons. The van der Waals surface area contributed by atoms with Crippen LogP contribution in [0.4, 0.5) is 5.69 Å². The van der Waals surface area contributed by atoms with Crippen LogP contribution >= 0.6 is 11.6 Å². The molecule has 0 aliphatic carbocycles. The number of ether oxygens (including phenoxy) is 1. The van der Waals surface area contributed by atoms with Crippen LogP contribution in [0.5, 0.6) is 0 Å². The molecule has 0 spiro atoms. The normalized spacial score (nSPS) is 9.64. The van der Waals surface area contributed by atoms with E-state index in [1.165, 1.54) is 18.3 Å². The summed E-state index contributed by atoms with van der Waals surface area (Å²) in [6.45, 7) is -0.496. The molecule has 0 bridgehead atoms. The number of hydrogen-bond acceptors (Lipinski definition) is 5. The number of nitrogens with one attached hydrogen (secondary N) is 1. The molecule has 0 aliphatic rings. The molecule has 0 radical (unpaired) electrons. The Morgan fingerprint density at radius 1 is 1.27 bits per heavy atom. The molecule has 1 heterocycles. The molecular weight excluding hydrogens is 306 g/mol. The molecule has 0 unspecified atom stereocenters. The van der Waals surface area contributed by atoms with Crippen molar-refractivity contribution in [1.29, 1.82) is 5.26 Å². The summed E-state index contributed by atoms with van der Waals surface area (Å²) >= 11 is 5.76. The summed E-state index contributed by atoms with van der Waals surface area (Å²) < 4.78 is 4.86. The Morgan fingerprint density at radius 2 is 2.05 bits per heavy atom. The van der Waals surface area contributed by atoms with Gasteiger partial charge in [-0.25, -0.2) is 9.78 Å². The SMILES string of the molecule is N#Cc1ccccc1NC(=O)COC(=O)c1cccnc1Cl. The number of amides is 1. The third kappa shape index (κ3) is 3.81. The summed E-state index contributed by atoms with van der Waals surface area (Å²) in [6.07, 6.45) is 1.44. The lowest BCUT2D eigenvalue weighted by atomic mass is 10.2. The van der Waals surface area contributed by atoms with Crippen molar-refractivity contribution in [1.82, 2.24) is 4.98 Å². The first-order valence-corrected chi connectivity index (χ1v) is 6.56. The number of nitriles is 1. The van der Waals surface area contributed by atoms with Crippen molar-refractivity contribution in [2.45, 2.75) is 0 Å². The number of para-hydroxylation sites is 1. The molecule has 1 N–H and O–H groups in total. The maximum atomic E-state index is 11.8. The minimum absolute atomic E-state index is 0.00253. The molecule has 2 aromatic rings. The van der Waals surface area contributed by atoms with Crippen LogP contribution in [0.3, 0.4) is 0 Å². The maximum Gasteiger partial charge on any atom is 0.341 e. The predicted octanol–water partition coefficient (Wildman–Crippen LogP) is 2.40. The molecule has 22 heavy (non-hydrogen) atoms. The fraction of sp³-hybridized carbons (Fsp3) is 0.0667. The molecule has 0 fully saturated rings. The van der Waals surface area contributed by atoms with Crippen LogP contribution in [-0.4, -0.2) is 23.5 Å². The van der Waals surface area contributed by atoms with Gasteiger partial charge < -0.3 is 10.1 Å². The van der Waals surface area contributed by atoms with Crippen LogP contribution in [0, 0.1) is 11.3 Å². The second-order valence-electron chi connectivity index (χ2n) is 4.12. The Morgan fingerprint density at radius 3 is 2.77 bits per heavy atom. The van der Waals surface area contributed by atoms with Crippen LogP contribution in [0.1, 0.15) is 15.9 Å². The van der Waals surface area contributed by atoms with Crippen molar-refractivity contribution in [3.05, 3.63) is 58.9 Å². The molecule has 1 aromatic heterocycles. The zero-order valence-corrected chi connectivity index (χ0v) is 12.0. The Kier molecular flexibility index (Phi) is 5.07. The van der Waals surface area contributed by atoms with Gasteiger partial charge in [-0.05, 0) is 24.3 Å². The highest BCUT2D eigenvalue weighted by molar-refractivity contribution is 6.32. The number of nitrogens with zero attached hydrogens (tertiary/aromatic N) is 2. The van der Waals surface area contributed by atoms with Crippen molar-refractivity contribution in [3.8, 4) is 6.07 Å². The van der Waals surface area contributed by atoms with E-state index >= 15 is 0 Å². The fourth-order valence-corrected chi connectivity index (χ4v) is 1.82. The van der Waals surface area contributed by atoms with E-state index in [0.717, 1.165) is 0 Å². The molecule has 2 rings (SSSR count). The number of carbonyl (C=O) groups excluding carboxylic acids is 2. The maximum absolute atomic E-state index is 11.8. The van der Waals surface area contributed by atoms with Gasteiger partial charge in [0.2, 0.25) is 0 Å². The Balaban J connectivity index is 1.95. The number of hydrogen-bond donors (Lipinski definition) is 1. The third-order valence-electron chi connectivity index (χ3n) is 2.63. The van der Waals surface area contributed by atoms with Crippen molar-refractivity contribution < 1.29 is 14.3 Å². The molecule has 0 atom stereocenters. The second kappa shape index (κ2) is 7.20. The highest BCUT2D eigenvalue weighted by Crippen LogP contribution is 2.14. The van der Waals surface area contributed by atoms with E-state index in [-0.39, 0.29) is 10.7 Å². The van der Waals surface area contributed by atoms with Crippen molar-refractivity contribution in [3.63, 3.8) is 0 Å². The molecule has 0 saturated heterocycles. The number of halogens is 1. The summed E-state index contributed by atoms with van der Waals surface area (Å²) in [4.78, 5) is 27.3. The van der Waals surface area contributed by atoms with Gasteiger partial charge in [-0.1, -0.05) is 23.7 Å². The van der Waals surface area contributed by atoms with E-state index in [0.29, 0.717) is 11.3 Å². The van der Waals surface area contributed by atoms with E-state index in [9.17, 15) is 9.59 Å². The zero-order valence-electron chi connectivity index (χ0n) is 11.2. The average Bonchev–Trinajstić information content (AvgIpc) is 2.53. The summed E-state index contributed by atoms with van der Waals surface area (Å²) in [7, 11) is 0. The largest absolute Gasteiger partial charge is 0.452 e. The van der Waals surface area contributed by atoms with E-state index in [4.69, 9.17) is 21.6 Å². The van der Waals surface area contributed by atoms with E-state index in [1.54, 1.807) is 24.3 Å². The van der Waals surface area contributed by atoms with Crippen LogP contribution in [-0.2, 0) is 9.53 Å². The van der Waals surface area contributed by atoms with Gasteiger partial charge in [-0.15, -0.1) is 0 Å². The van der Waals surface area contributed by atoms with Gasteiger partial charge in [0.15, 0.2) is 6.61 Å². The van der Waals surface area contributed by atoms with Crippen molar-refractivity contribution in [2.75, 3.05) is 11.9 Å². The van der Waals surface area contributed by atoms with Crippen LogP contribution in [0.2, 0.25) is 5.15 Å². The zero-order chi connectivity index (χ0) is 15.9. The fourth-order valence-electron chi connectivity index (χ4n) is 1.62. The third-order valence-corrected chi connectivity index (χ3v) is 2.94. The number of rotatable bonds is 4.